The molecule has 12 heteroatoms. The summed E-state index contributed by atoms with van der Waals surface area (Å²) in [4.78, 5) is 8.77. The van der Waals surface area contributed by atoms with Crippen molar-refractivity contribution in [1.29, 1.82) is 0 Å². The predicted molar refractivity (Wildman–Crippen MR) is 129 cm³/mol. The molecule has 1 aromatic heterocycles. The fourth-order valence-electron chi connectivity index (χ4n) is 2.83. The van der Waals surface area contributed by atoms with Crippen LogP contribution < -0.4 is 20.5 Å². The summed E-state index contributed by atoms with van der Waals surface area (Å²) >= 11 is 0. The number of primary sulfonamides is 1. The maximum absolute atomic E-state index is 11.5. The third-order valence-corrected chi connectivity index (χ3v) is 7.08. The third-order valence-electron chi connectivity index (χ3n) is 4.74. The van der Waals surface area contributed by atoms with Crippen molar-refractivity contribution >= 4 is 43.2 Å². The molecule has 0 atom stereocenters. The van der Waals surface area contributed by atoms with Crippen molar-refractivity contribution < 1.29 is 16.8 Å². The number of aromatic nitrogens is 2. The monoisotopic (exact) mass is 490 g/mol. The standard InChI is InChI=1S/C21H26N6O4S2/c1-3-32(28,29)24-13-12-16-4-6-17(7-5-16)25-20-15(2)14-23-21(27-20)26-18-8-10-19(11-9-18)33(22,30)31/h4-11,14,24H,3,12-13H2,1-2H3,(H2,22,30,31)(H2,23,25,26,27). The van der Waals surface area contributed by atoms with Crippen LogP contribution in [-0.4, -0.2) is 39.1 Å². The minimum atomic E-state index is -3.76. The molecule has 0 fully saturated rings. The van der Waals surface area contributed by atoms with Gasteiger partial charge in [-0.05, 0) is 62.2 Å². The van der Waals surface area contributed by atoms with Gasteiger partial charge in [-0.25, -0.2) is 31.7 Å². The smallest absolute Gasteiger partial charge is 0.238 e. The van der Waals surface area contributed by atoms with Gasteiger partial charge in [0, 0.05) is 29.7 Å². The average molecular weight is 491 g/mol. The molecule has 0 aliphatic carbocycles. The number of hydrogen-bond donors (Lipinski definition) is 4. The molecule has 3 aromatic rings. The van der Waals surface area contributed by atoms with Crippen molar-refractivity contribution in [3.05, 3.63) is 65.9 Å². The lowest BCUT2D eigenvalue weighted by Gasteiger charge is -2.12. The van der Waals surface area contributed by atoms with Crippen LogP contribution in [0.1, 0.15) is 18.1 Å². The first-order valence-corrected chi connectivity index (χ1v) is 13.3. The summed E-state index contributed by atoms with van der Waals surface area (Å²) < 4.78 is 48.3. The molecule has 1 heterocycles. The molecule has 0 saturated heterocycles. The first-order chi connectivity index (χ1) is 15.6. The summed E-state index contributed by atoms with van der Waals surface area (Å²) in [6.07, 6.45) is 2.26. The quantitative estimate of drug-likeness (QED) is 0.337. The van der Waals surface area contributed by atoms with Crippen molar-refractivity contribution in [2.24, 2.45) is 5.14 Å². The van der Waals surface area contributed by atoms with E-state index in [0.717, 1.165) is 16.8 Å². The zero-order valence-electron chi connectivity index (χ0n) is 18.2. The lowest BCUT2D eigenvalue weighted by molar-refractivity contribution is 0.582. The van der Waals surface area contributed by atoms with Gasteiger partial charge in [0.2, 0.25) is 26.0 Å². The molecule has 0 aliphatic heterocycles. The second-order valence-corrected chi connectivity index (χ2v) is 10.9. The molecule has 3 rings (SSSR count). The average Bonchev–Trinajstić information content (AvgIpc) is 2.77. The number of benzene rings is 2. The molecule has 10 nitrogen and oxygen atoms in total. The van der Waals surface area contributed by atoms with E-state index in [9.17, 15) is 16.8 Å². The number of rotatable bonds is 10. The van der Waals surface area contributed by atoms with Gasteiger partial charge in [-0.2, -0.15) is 4.98 Å². The van der Waals surface area contributed by atoms with Crippen LogP contribution in [0.2, 0.25) is 0 Å². The summed E-state index contributed by atoms with van der Waals surface area (Å²) in [5.41, 5.74) is 3.27. The highest BCUT2D eigenvalue weighted by molar-refractivity contribution is 7.89. The summed E-state index contributed by atoms with van der Waals surface area (Å²) in [5.74, 6) is 1.01. The summed E-state index contributed by atoms with van der Waals surface area (Å²) in [7, 11) is -6.95. The fraction of sp³-hybridized carbons (Fsp3) is 0.238. The fourth-order valence-corrected chi connectivity index (χ4v) is 3.96. The van der Waals surface area contributed by atoms with Crippen molar-refractivity contribution in [3.63, 3.8) is 0 Å². The SMILES string of the molecule is CCS(=O)(=O)NCCc1ccc(Nc2nc(Nc3ccc(S(N)(=O)=O)cc3)ncc2C)cc1. The molecule has 2 aromatic carbocycles. The highest BCUT2D eigenvalue weighted by Gasteiger charge is 2.09. The van der Waals surface area contributed by atoms with Gasteiger partial charge in [0.1, 0.15) is 5.82 Å². The molecule has 5 N–H and O–H groups in total. The number of sulfonamides is 2. The first kappa shape index (κ1) is 24.6. The first-order valence-electron chi connectivity index (χ1n) is 10.1. The number of hydrogen-bond acceptors (Lipinski definition) is 8. The molecule has 0 radical (unpaired) electrons. The van der Waals surface area contributed by atoms with E-state index in [4.69, 9.17) is 5.14 Å². The topological polar surface area (TPSA) is 156 Å². The molecule has 0 amide bonds. The Balaban J connectivity index is 1.65. The Morgan fingerprint density at radius 2 is 1.52 bits per heavy atom. The van der Waals surface area contributed by atoms with Crippen LogP contribution in [-0.2, 0) is 26.5 Å². The normalized spacial score (nSPS) is 11.8. The maximum atomic E-state index is 11.5. The Bertz CT molecular complexity index is 1310. The molecular weight excluding hydrogens is 464 g/mol. The van der Waals surface area contributed by atoms with E-state index in [1.165, 1.54) is 12.1 Å². The minimum absolute atomic E-state index is 0.0199. The zero-order chi connectivity index (χ0) is 24.1. The van der Waals surface area contributed by atoms with Crippen molar-refractivity contribution in [2.45, 2.75) is 25.2 Å². The molecule has 0 spiro atoms. The molecular formula is C21H26N6O4S2. The predicted octanol–water partition coefficient (Wildman–Crippen LogP) is 2.40. The Labute approximate surface area is 193 Å². The Hall–Kier alpha value is -3.06. The molecule has 176 valence electrons. The van der Waals surface area contributed by atoms with E-state index in [1.807, 2.05) is 31.2 Å². The van der Waals surface area contributed by atoms with Crippen LogP contribution in [0.25, 0.3) is 0 Å². The van der Waals surface area contributed by atoms with Crippen molar-refractivity contribution in [1.82, 2.24) is 14.7 Å². The number of anilines is 4. The van der Waals surface area contributed by atoms with E-state index >= 15 is 0 Å². The number of nitrogens with one attached hydrogen (secondary N) is 3. The molecule has 0 unspecified atom stereocenters. The van der Waals surface area contributed by atoms with Gasteiger partial charge in [-0.1, -0.05) is 12.1 Å². The van der Waals surface area contributed by atoms with E-state index in [2.05, 4.69) is 25.3 Å². The van der Waals surface area contributed by atoms with Crippen LogP contribution in [0, 0.1) is 6.92 Å². The molecule has 0 saturated carbocycles. The molecule has 33 heavy (non-hydrogen) atoms. The van der Waals surface area contributed by atoms with E-state index < -0.39 is 20.0 Å². The van der Waals surface area contributed by atoms with E-state index in [1.54, 1.807) is 25.3 Å². The molecule has 0 bridgehead atoms. The van der Waals surface area contributed by atoms with E-state index in [0.29, 0.717) is 30.4 Å². The van der Waals surface area contributed by atoms with Gasteiger partial charge in [-0.3, -0.25) is 0 Å². The second kappa shape index (κ2) is 10.3. The van der Waals surface area contributed by atoms with Crippen LogP contribution in [0.4, 0.5) is 23.1 Å². The summed E-state index contributed by atoms with van der Waals surface area (Å²) in [6.45, 7) is 3.82. The lowest BCUT2D eigenvalue weighted by Crippen LogP contribution is -2.27. The van der Waals surface area contributed by atoms with Gasteiger partial charge < -0.3 is 10.6 Å². The van der Waals surface area contributed by atoms with E-state index in [-0.39, 0.29) is 10.6 Å². The van der Waals surface area contributed by atoms with Gasteiger partial charge >= 0.3 is 0 Å². The number of nitrogens with zero attached hydrogens (tertiary/aromatic N) is 2. The van der Waals surface area contributed by atoms with Crippen LogP contribution >= 0.6 is 0 Å². The Kier molecular flexibility index (Phi) is 7.64. The Morgan fingerprint density at radius 3 is 2.12 bits per heavy atom. The summed E-state index contributed by atoms with van der Waals surface area (Å²) in [6, 6.07) is 13.6. The summed E-state index contributed by atoms with van der Waals surface area (Å²) in [5, 5.41) is 11.4. The van der Waals surface area contributed by atoms with Crippen LogP contribution in [0.5, 0.6) is 0 Å². The van der Waals surface area contributed by atoms with Crippen molar-refractivity contribution in [3.8, 4) is 0 Å². The minimum Gasteiger partial charge on any atom is -0.340 e. The second-order valence-electron chi connectivity index (χ2n) is 7.29. The van der Waals surface area contributed by atoms with Gasteiger partial charge in [0.15, 0.2) is 0 Å². The van der Waals surface area contributed by atoms with Gasteiger partial charge in [0.05, 0.1) is 10.6 Å². The number of nitrogens with two attached hydrogens (primary N) is 1. The maximum Gasteiger partial charge on any atom is 0.238 e. The highest BCUT2D eigenvalue weighted by atomic mass is 32.2. The van der Waals surface area contributed by atoms with Crippen molar-refractivity contribution in [2.75, 3.05) is 22.9 Å². The van der Waals surface area contributed by atoms with Gasteiger partial charge in [-0.15, -0.1) is 0 Å². The van der Waals surface area contributed by atoms with Gasteiger partial charge in [0.25, 0.3) is 0 Å². The molecule has 0 aliphatic rings. The highest BCUT2D eigenvalue weighted by Crippen LogP contribution is 2.22. The third kappa shape index (κ3) is 7.22. The van der Waals surface area contributed by atoms with Crippen LogP contribution in [0.3, 0.4) is 0 Å². The van der Waals surface area contributed by atoms with Crippen LogP contribution in [0.15, 0.2) is 59.6 Å². The largest absolute Gasteiger partial charge is 0.340 e. The lowest BCUT2D eigenvalue weighted by atomic mass is 10.1. The number of aryl methyl sites for hydroxylation is 1. The Morgan fingerprint density at radius 1 is 0.909 bits per heavy atom. The zero-order valence-corrected chi connectivity index (χ0v) is 19.9.